The number of piperazine rings is 1. The van der Waals surface area contributed by atoms with Crippen LogP contribution in [-0.2, 0) is 10.3 Å². The molecule has 4 N–H and O–H groups in total. The lowest BCUT2D eigenvalue weighted by Gasteiger charge is -2.34. The largest absolute Gasteiger partial charge is 0.339 e. The van der Waals surface area contributed by atoms with Gasteiger partial charge >= 0.3 is 0 Å². The molecule has 1 aliphatic rings. The van der Waals surface area contributed by atoms with Crippen LogP contribution in [0.3, 0.4) is 0 Å². The van der Waals surface area contributed by atoms with Crippen LogP contribution in [0.15, 0.2) is 55.0 Å². The molecule has 206 valence electrons. The number of aryl methyl sites for hydroxylation is 1. The smallest absolute Gasteiger partial charge is 0.255 e. The van der Waals surface area contributed by atoms with E-state index in [0.717, 1.165) is 16.8 Å². The second kappa shape index (κ2) is 10.9. The van der Waals surface area contributed by atoms with Crippen molar-refractivity contribution in [1.82, 2.24) is 24.8 Å². The Balaban J connectivity index is 1.37. The number of nitrogens with one attached hydrogen (secondary N) is 2. The minimum atomic E-state index is -0.552. The number of aromatic nitrogens is 4. The molecule has 5 rings (SSSR count). The molecule has 40 heavy (non-hydrogen) atoms. The first kappa shape index (κ1) is 26.9. The maximum absolute atomic E-state index is 13.0. The van der Waals surface area contributed by atoms with Crippen LogP contribution >= 0.6 is 0 Å². The third-order valence-electron chi connectivity index (χ3n) is 6.99. The third kappa shape index (κ3) is 5.84. The predicted octanol–water partition coefficient (Wildman–Crippen LogP) is 3.59. The second-order valence-corrected chi connectivity index (χ2v) is 10.5. The van der Waals surface area contributed by atoms with Crippen LogP contribution in [0.1, 0.15) is 42.3 Å². The van der Waals surface area contributed by atoms with E-state index in [1.54, 1.807) is 19.2 Å². The summed E-state index contributed by atoms with van der Waals surface area (Å²) in [6.45, 7) is 9.90. The monoisotopic (exact) mass is 539 g/mol. The number of carbonyl (C=O) groups excluding carboxylic acids is 2. The van der Waals surface area contributed by atoms with Gasteiger partial charge in [-0.3, -0.25) is 9.59 Å². The zero-order valence-electron chi connectivity index (χ0n) is 23.1. The Hall–Kier alpha value is -4.64. The van der Waals surface area contributed by atoms with Gasteiger partial charge in [0.15, 0.2) is 5.82 Å². The van der Waals surface area contributed by atoms with E-state index in [9.17, 15) is 9.59 Å². The Morgan fingerprint density at radius 2 is 1.77 bits per heavy atom. The van der Waals surface area contributed by atoms with Crippen LogP contribution in [0.5, 0.6) is 0 Å². The first-order chi connectivity index (χ1) is 19.1. The van der Waals surface area contributed by atoms with Crippen molar-refractivity contribution in [3.8, 4) is 0 Å². The van der Waals surface area contributed by atoms with E-state index in [0.29, 0.717) is 60.2 Å². The van der Waals surface area contributed by atoms with Gasteiger partial charge in [0, 0.05) is 55.6 Å². The molecule has 2 aromatic carbocycles. The van der Waals surface area contributed by atoms with Gasteiger partial charge in [0.25, 0.3) is 5.91 Å². The zero-order chi connectivity index (χ0) is 28.4. The SMILES string of the molecule is CC(=O)N1CCN(c2ncc3ncnc(Nc4cc(NC(=O)c5cccc(C(C)(C)N)c5)ccc4C)c3n2)CC1. The molecule has 0 aliphatic carbocycles. The number of nitrogens with zero attached hydrogens (tertiary/aromatic N) is 6. The number of rotatable bonds is 6. The summed E-state index contributed by atoms with van der Waals surface area (Å²) in [7, 11) is 0. The van der Waals surface area contributed by atoms with Crippen molar-refractivity contribution >= 4 is 46.0 Å². The number of hydrogen-bond acceptors (Lipinski definition) is 9. The summed E-state index contributed by atoms with van der Waals surface area (Å²) >= 11 is 0. The number of amides is 2. The van der Waals surface area contributed by atoms with Crippen molar-refractivity contribution in [1.29, 1.82) is 0 Å². The molecule has 3 heterocycles. The highest BCUT2D eigenvalue weighted by molar-refractivity contribution is 6.04. The summed E-state index contributed by atoms with van der Waals surface area (Å²) in [5.41, 5.74) is 10.6. The number of nitrogens with two attached hydrogens (primary N) is 1. The Kier molecular flexibility index (Phi) is 7.31. The van der Waals surface area contributed by atoms with E-state index in [4.69, 9.17) is 10.7 Å². The van der Waals surface area contributed by atoms with Gasteiger partial charge in [-0.2, -0.15) is 0 Å². The molecule has 0 atom stereocenters. The molecule has 2 aromatic heterocycles. The topological polar surface area (TPSA) is 142 Å². The Morgan fingerprint density at radius 1 is 1.00 bits per heavy atom. The summed E-state index contributed by atoms with van der Waals surface area (Å²) < 4.78 is 0. The lowest BCUT2D eigenvalue weighted by Crippen LogP contribution is -2.48. The van der Waals surface area contributed by atoms with Crippen LogP contribution in [0.2, 0.25) is 0 Å². The van der Waals surface area contributed by atoms with Gasteiger partial charge in [0.2, 0.25) is 11.9 Å². The number of anilines is 4. The molecule has 0 bridgehead atoms. The molecule has 0 unspecified atom stereocenters. The Morgan fingerprint density at radius 3 is 2.50 bits per heavy atom. The van der Waals surface area contributed by atoms with Crippen LogP contribution in [0.4, 0.5) is 23.1 Å². The van der Waals surface area contributed by atoms with Crippen LogP contribution in [0, 0.1) is 6.92 Å². The summed E-state index contributed by atoms with van der Waals surface area (Å²) in [4.78, 5) is 46.7. The molecular formula is C29H33N9O2. The minimum Gasteiger partial charge on any atom is -0.339 e. The van der Waals surface area contributed by atoms with Crippen LogP contribution in [0.25, 0.3) is 11.0 Å². The average Bonchev–Trinajstić information content (AvgIpc) is 2.94. The van der Waals surface area contributed by atoms with Gasteiger partial charge in [-0.25, -0.2) is 19.9 Å². The van der Waals surface area contributed by atoms with E-state index >= 15 is 0 Å². The third-order valence-corrected chi connectivity index (χ3v) is 6.99. The molecule has 11 heteroatoms. The fourth-order valence-corrected chi connectivity index (χ4v) is 4.54. The highest BCUT2D eigenvalue weighted by atomic mass is 16.2. The van der Waals surface area contributed by atoms with Crippen molar-refractivity contribution in [2.75, 3.05) is 41.7 Å². The zero-order valence-corrected chi connectivity index (χ0v) is 23.1. The van der Waals surface area contributed by atoms with Gasteiger partial charge in [-0.1, -0.05) is 18.2 Å². The van der Waals surface area contributed by atoms with Crippen molar-refractivity contribution in [3.05, 3.63) is 71.7 Å². The number of hydrogen-bond donors (Lipinski definition) is 3. The number of carbonyl (C=O) groups is 2. The normalized spacial score (nSPS) is 13.8. The van der Waals surface area contributed by atoms with Crippen molar-refractivity contribution < 1.29 is 9.59 Å². The van der Waals surface area contributed by atoms with E-state index < -0.39 is 5.54 Å². The van der Waals surface area contributed by atoms with Crippen LogP contribution < -0.4 is 21.3 Å². The summed E-state index contributed by atoms with van der Waals surface area (Å²) in [6.07, 6.45) is 3.15. The van der Waals surface area contributed by atoms with E-state index in [1.165, 1.54) is 6.33 Å². The fourth-order valence-electron chi connectivity index (χ4n) is 4.54. The van der Waals surface area contributed by atoms with E-state index in [2.05, 4.69) is 30.5 Å². The summed E-state index contributed by atoms with van der Waals surface area (Å²) in [5, 5.41) is 6.35. The lowest BCUT2D eigenvalue weighted by molar-refractivity contribution is -0.129. The minimum absolute atomic E-state index is 0.0702. The van der Waals surface area contributed by atoms with Gasteiger partial charge < -0.3 is 26.2 Å². The maximum atomic E-state index is 13.0. The molecule has 1 fully saturated rings. The number of fused-ring (bicyclic) bond motifs is 1. The molecule has 11 nitrogen and oxygen atoms in total. The van der Waals surface area contributed by atoms with Crippen molar-refractivity contribution in [2.45, 2.75) is 33.2 Å². The standard InChI is InChI=1S/C29H33N9O2/c1-18-8-9-22(34-27(40)20-6-5-7-21(14-20)29(3,4)30)15-23(18)35-26-25-24(32-17-33-26)16-31-28(36-25)38-12-10-37(11-13-38)19(2)39/h5-9,14-17H,10-13,30H2,1-4H3,(H,34,40)(H,32,33,35). The highest BCUT2D eigenvalue weighted by Gasteiger charge is 2.21. The maximum Gasteiger partial charge on any atom is 0.255 e. The van der Waals surface area contributed by atoms with Gasteiger partial charge in [0.05, 0.1) is 6.20 Å². The van der Waals surface area contributed by atoms with E-state index in [1.807, 2.05) is 62.1 Å². The highest BCUT2D eigenvalue weighted by Crippen LogP contribution is 2.28. The predicted molar refractivity (Wildman–Crippen MR) is 156 cm³/mol. The lowest BCUT2D eigenvalue weighted by atomic mass is 9.94. The molecule has 1 aliphatic heterocycles. The van der Waals surface area contributed by atoms with Gasteiger partial charge in [0.1, 0.15) is 17.4 Å². The first-order valence-corrected chi connectivity index (χ1v) is 13.1. The van der Waals surface area contributed by atoms with E-state index in [-0.39, 0.29) is 11.8 Å². The molecule has 4 aromatic rings. The second-order valence-electron chi connectivity index (χ2n) is 10.5. The fraction of sp³-hybridized carbons (Fsp3) is 0.310. The summed E-state index contributed by atoms with van der Waals surface area (Å²) in [6, 6.07) is 13.0. The number of benzene rings is 2. The van der Waals surface area contributed by atoms with Crippen molar-refractivity contribution in [3.63, 3.8) is 0 Å². The van der Waals surface area contributed by atoms with Gasteiger partial charge in [-0.05, 0) is 56.2 Å². The first-order valence-electron chi connectivity index (χ1n) is 13.1. The quantitative estimate of drug-likeness (QED) is 0.335. The molecular weight excluding hydrogens is 506 g/mol. The molecule has 0 radical (unpaired) electrons. The Labute approximate surface area is 232 Å². The molecule has 1 saturated heterocycles. The molecule has 0 saturated carbocycles. The molecule has 0 spiro atoms. The van der Waals surface area contributed by atoms with Crippen LogP contribution in [-0.4, -0.2) is 62.8 Å². The average molecular weight is 540 g/mol. The molecule has 2 amide bonds. The van der Waals surface area contributed by atoms with Crippen molar-refractivity contribution in [2.24, 2.45) is 5.73 Å². The summed E-state index contributed by atoms with van der Waals surface area (Å²) in [5.74, 6) is 0.936. The van der Waals surface area contributed by atoms with Gasteiger partial charge in [-0.15, -0.1) is 0 Å². The Bertz CT molecular complexity index is 1570.